The number of halogens is 1. The number of ketones is 1. The summed E-state index contributed by atoms with van der Waals surface area (Å²) in [5.41, 5.74) is 1.64. The molecule has 1 fully saturated rings. The number of rotatable bonds is 6. The van der Waals surface area contributed by atoms with Crippen LogP contribution in [0.15, 0.2) is 41.2 Å². The van der Waals surface area contributed by atoms with E-state index in [2.05, 4.69) is 4.90 Å². The molecule has 1 aromatic heterocycles. The van der Waals surface area contributed by atoms with Gasteiger partial charge in [0.1, 0.15) is 18.5 Å². The van der Waals surface area contributed by atoms with Gasteiger partial charge in [0.15, 0.2) is 5.78 Å². The molecule has 1 aromatic carbocycles. The SMILES string of the molecule is CC(=O)c1cc(Cl)ccc1OCC1CN(Cc2ccoc2)CCO1. The van der Waals surface area contributed by atoms with E-state index in [0.29, 0.717) is 29.5 Å². The van der Waals surface area contributed by atoms with E-state index in [4.69, 9.17) is 25.5 Å². The molecule has 1 aliphatic rings. The number of carbonyl (C=O) groups excluding carboxylic acids is 1. The second-order valence-electron chi connectivity index (χ2n) is 5.87. The molecule has 5 nitrogen and oxygen atoms in total. The summed E-state index contributed by atoms with van der Waals surface area (Å²) in [6, 6.07) is 7.04. The van der Waals surface area contributed by atoms with Gasteiger partial charge >= 0.3 is 0 Å². The fraction of sp³-hybridized carbons (Fsp3) is 0.389. The molecule has 0 N–H and O–H groups in total. The molecule has 2 heterocycles. The molecule has 3 rings (SSSR count). The van der Waals surface area contributed by atoms with Crippen molar-refractivity contribution < 1.29 is 18.7 Å². The maximum Gasteiger partial charge on any atom is 0.163 e. The number of benzene rings is 1. The second-order valence-corrected chi connectivity index (χ2v) is 6.30. The molecular weight excluding hydrogens is 330 g/mol. The van der Waals surface area contributed by atoms with Crippen LogP contribution < -0.4 is 4.74 Å². The molecule has 0 spiro atoms. The monoisotopic (exact) mass is 349 g/mol. The molecule has 0 radical (unpaired) electrons. The van der Waals surface area contributed by atoms with Crippen LogP contribution in [0.5, 0.6) is 5.75 Å². The van der Waals surface area contributed by atoms with Crippen molar-refractivity contribution in [1.29, 1.82) is 0 Å². The summed E-state index contributed by atoms with van der Waals surface area (Å²) >= 11 is 5.95. The Bertz CT molecular complexity index is 686. The highest BCUT2D eigenvalue weighted by atomic mass is 35.5. The summed E-state index contributed by atoms with van der Waals surface area (Å²) < 4.78 is 16.7. The largest absolute Gasteiger partial charge is 0.490 e. The lowest BCUT2D eigenvalue weighted by Crippen LogP contribution is -2.44. The van der Waals surface area contributed by atoms with Gasteiger partial charge in [-0.3, -0.25) is 9.69 Å². The maximum atomic E-state index is 11.7. The lowest BCUT2D eigenvalue weighted by molar-refractivity contribution is -0.0505. The van der Waals surface area contributed by atoms with E-state index in [0.717, 1.165) is 25.2 Å². The van der Waals surface area contributed by atoms with E-state index >= 15 is 0 Å². The molecule has 1 saturated heterocycles. The smallest absolute Gasteiger partial charge is 0.163 e. The third kappa shape index (κ3) is 4.38. The zero-order valence-corrected chi connectivity index (χ0v) is 14.3. The molecule has 0 bridgehead atoms. The summed E-state index contributed by atoms with van der Waals surface area (Å²) in [4.78, 5) is 14.0. The van der Waals surface area contributed by atoms with Crippen molar-refractivity contribution in [3.8, 4) is 5.75 Å². The molecule has 128 valence electrons. The summed E-state index contributed by atoms with van der Waals surface area (Å²) in [6.07, 6.45) is 3.40. The van der Waals surface area contributed by atoms with Crippen molar-refractivity contribution in [3.63, 3.8) is 0 Å². The predicted octanol–water partition coefficient (Wildman–Crippen LogP) is 3.42. The van der Waals surface area contributed by atoms with Crippen molar-refractivity contribution in [3.05, 3.63) is 52.9 Å². The number of morpholine rings is 1. The Labute approximate surface area is 146 Å². The van der Waals surface area contributed by atoms with Gasteiger partial charge in [-0.15, -0.1) is 0 Å². The van der Waals surface area contributed by atoms with Crippen molar-refractivity contribution in [2.75, 3.05) is 26.3 Å². The molecular formula is C18H20ClNO4. The Morgan fingerprint density at radius 2 is 2.29 bits per heavy atom. The molecule has 1 aliphatic heterocycles. The summed E-state index contributed by atoms with van der Waals surface area (Å²) in [6.45, 7) is 5.03. The highest BCUT2D eigenvalue weighted by molar-refractivity contribution is 6.31. The Balaban J connectivity index is 1.57. The lowest BCUT2D eigenvalue weighted by atomic mass is 10.1. The molecule has 1 unspecified atom stereocenters. The van der Waals surface area contributed by atoms with Crippen LogP contribution in [-0.2, 0) is 11.3 Å². The first-order valence-corrected chi connectivity index (χ1v) is 8.28. The van der Waals surface area contributed by atoms with Crippen molar-refractivity contribution in [2.45, 2.75) is 19.6 Å². The van der Waals surface area contributed by atoms with Crippen LogP contribution in [0.3, 0.4) is 0 Å². The highest BCUT2D eigenvalue weighted by Gasteiger charge is 2.22. The normalized spacial score (nSPS) is 18.5. The van der Waals surface area contributed by atoms with E-state index in [-0.39, 0.29) is 11.9 Å². The van der Waals surface area contributed by atoms with Gasteiger partial charge < -0.3 is 13.9 Å². The van der Waals surface area contributed by atoms with E-state index in [1.54, 1.807) is 30.7 Å². The fourth-order valence-electron chi connectivity index (χ4n) is 2.75. The number of Topliss-reactive ketones (excluding diaryl/α,β-unsaturated/α-hetero) is 1. The van der Waals surface area contributed by atoms with Crippen molar-refractivity contribution in [1.82, 2.24) is 4.90 Å². The molecule has 1 atom stereocenters. The first-order valence-electron chi connectivity index (χ1n) is 7.90. The van der Waals surface area contributed by atoms with Crippen LogP contribution in [-0.4, -0.2) is 43.1 Å². The minimum Gasteiger partial charge on any atom is -0.490 e. The van der Waals surface area contributed by atoms with Gasteiger partial charge in [0, 0.05) is 30.2 Å². The van der Waals surface area contributed by atoms with Crippen LogP contribution in [0.2, 0.25) is 5.02 Å². The van der Waals surface area contributed by atoms with Gasteiger partial charge in [-0.25, -0.2) is 0 Å². The average Bonchev–Trinajstić information content (AvgIpc) is 3.07. The number of furan rings is 1. The first-order chi connectivity index (χ1) is 11.6. The zero-order valence-electron chi connectivity index (χ0n) is 13.5. The van der Waals surface area contributed by atoms with Crippen LogP contribution in [0.4, 0.5) is 0 Å². The van der Waals surface area contributed by atoms with Gasteiger partial charge in [0.2, 0.25) is 0 Å². The van der Waals surface area contributed by atoms with E-state index in [1.807, 2.05) is 6.07 Å². The Hall–Kier alpha value is -1.82. The van der Waals surface area contributed by atoms with E-state index in [1.165, 1.54) is 6.92 Å². The number of hydrogen-bond donors (Lipinski definition) is 0. The van der Waals surface area contributed by atoms with Gasteiger partial charge in [0.25, 0.3) is 0 Å². The minimum atomic E-state index is -0.0707. The van der Waals surface area contributed by atoms with Gasteiger partial charge in [-0.2, -0.15) is 0 Å². The van der Waals surface area contributed by atoms with E-state index < -0.39 is 0 Å². The Morgan fingerprint density at radius 1 is 1.42 bits per heavy atom. The van der Waals surface area contributed by atoms with Gasteiger partial charge in [0.05, 0.1) is 24.7 Å². The third-order valence-corrected chi connectivity index (χ3v) is 4.19. The molecule has 0 aliphatic carbocycles. The van der Waals surface area contributed by atoms with Crippen LogP contribution in [0.25, 0.3) is 0 Å². The topological polar surface area (TPSA) is 51.9 Å². The first kappa shape index (κ1) is 17.0. The number of ether oxygens (including phenoxy) is 2. The molecule has 6 heteroatoms. The molecule has 0 saturated carbocycles. The Kier molecular flexibility index (Phi) is 5.56. The lowest BCUT2D eigenvalue weighted by Gasteiger charge is -2.32. The quantitative estimate of drug-likeness (QED) is 0.748. The van der Waals surface area contributed by atoms with Crippen molar-refractivity contribution in [2.24, 2.45) is 0 Å². The van der Waals surface area contributed by atoms with Crippen LogP contribution in [0.1, 0.15) is 22.8 Å². The fourth-order valence-corrected chi connectivity index (χ4v) is 2.92. The van der Waals surface area contributed by atoms with Gasteiger partial charge in [-0.1, -0.05) is 11.6 Å². The molecule has 0 amide bonds. The zero-order chi connectivity index (χ0) is 16.9. The third-order valence-electron chi connectivity index (χ3n) is 3.95. The number of nitrogens with zero attached hydrogens (tertiary/aromatic N) is 1. The van der Waals surface area contributed by atoms with Crippen molar-refractivity contribution >= 4 is 17.4 Å². The molecule has 2 aromatic rings. The minimum absolute atomic E-state index is 0.0406. The average molecular weight is 350 g/mol. The summed E-state index contributed by atoms with van der Waals surface area (Å²) in [5.74, 6) is 0.473. The predicted molar refractivity (Wildman–Crippen MR) is 90.7 cm³/mol. The van der Waals surface area contributed by atoms with Gasteiger partial charge in [-0.05, 0) is 31.2 Å². The number of carbonyl (C=O) groups is 1. The number of hydrogen-bond acceptors (Lipinski definition) is 5. The second kappa shape index (κ2) is 7.83. The highest BCUT2D eigenvalue weighted by Crippen LogP contribution is 2.24. The van der Waals surface area contributed by atoms with Crippen LogP contribution >= 0.6 is 11.6 Å². The van der Waals surface area contributed by atoms with E-state index in [9.17, 15) is 4.79 Å². The Morgan fingerprint density at radius 3 is 3.04 bits per heavy atom. The standard InChI is InChI=1S/C18H20ClNO4/c1-13(21)17-8-15(19)2-3-18(17)24-12-16-10-20(5-7-23-16)9-14-4-6-22-11-14/h2-4,6,8,11,16H,5,7,9-10,12H2,1H3. The summed E-state index contributed by atoms with van der Waals surface area (Å²) in [7, 11) is 0. The van der Waals surface area contributed by atoms with Crippen LogP contribution in [0, 0.1) is 0 Å². The summed E-state index contributed by atoms with van der Waals surface area (Å²) in [5, 5.41) is 0.521. The molecule has 24 heavy (non-hydrogen) atoms. The maximum absolute atomic E-state index is 11.7.